The fourth-order valence-corrected chi connectivity index (χ4v) is 3.21. The van der Waals surface area contributed by atoms with Gasteiger partial charge < -0.3 is 5.32 Å². The van der Waals surface area contributed by atoms with Crippen molar-refractivity contribution < 1.29 is 8.42 Å². The van der Waals surface area contributed by atoms with E-state index < -0.39 is 9.84 Å². The summed E-state index contributed by atoms with van der Waals surface area (Å²) in [6, 6.07) is 15.4. The Kier molecular flexibility index (Phi) is 5.86. The second-order valence-corrected chi connectivity index (χ2v) is 7.96. The Morgan fingerprint density at radius 2 is 1.73 bits per heavy atom. The van der Waals surface area contributed by atoms with Crippen LogP contribution in [0.4, 0.5) is 5.69 Å². The van der Waals surface area contributed by atoms with Gasteiger partial charge in [0.15, 0.2) is 9.84 Å². The second-order valence-electron chi connectivity index (χ2n) is 5.38. The summed E-state index contributed by atoms with van der Waals surface area (Å²) < 4.78 is 22.9. The molecule has 0 aliphatic rings. The van der Waals surface area contributed by atoms with Gasteiger partial charge in [-0.15, -0.1) is 0 Å². The molecule has 118 valence electrons. The van der Waals surface area contributed by atoms with Crippen molar-refractivity contribution in [2.45, 2.75) is 18.6 Å². The number of sulfone groups is 1. The molecule has 0 atom stereocenters. The quantitative estimate of drug-likeness (QED) is 0.779. The maximum absolute atomic E-state index is 11.5. The van der Waals surface area contributed by atoms with Crippen molar-refractivity contribution in [2.24, 2.45) is 0 Å². The molecule has 2 aromatic carbocycles. The predicted molar refractivity (Wildman–Crippen MR) is 93.3 cm³/mol. The number of halogens is 1. The Morgan fingerprint density at radius 1 is 1.05 bits per heavy atom. The smallest absolute Gasteiger partial charge is 0.151 e. The lowest BCUT2D eigenvalue weighted by Crippen LogP contribution is -2.08. The zero-order valence-corrected chi connectivity index (χ0v) is 14.1. The van der Waals surface area contributed by atoms with Gasteiger partial charge in [-0.25, -0.2) is 8.42 Å². The molecule has 0 amide bonds. The standard InChI is InChI=1S/C17H20ClNO2S/c1-22(20,21)13-15-6-2-3-7-17(15)19-12-4-5-14-8-10-16(18)11-9-14/h2-3,6-11,19H,4-5,12-13H2,1H3. The minimum Gasteiger partial charge on any atom is -0.385 e. The molecule has 0 saturated carbocycles. The number of aryl methyl sites for hydroxylation is 1. The highest BCUT2D eigenvalue weighted by Gasteiger charge is 2.08. The molecule has 2 aromatic rings. The van der Waals surface area contributed by atoms with Gasteiger partial charge in [0.2, 0.25) is 0 Å². The Balaban J connectivity index is 1.88. The van der Waals surface area contributed by atoms with Gasteiger partial charge in [0.05, 0.1) is 5.75 Å². The topological polar surface area (TPSA) is 46.2 Å². The average molecular weight is 338 g/mol. The number of anilines is 1. The normalized spacial score (nSPS) is 11.4. The SMILES string of the molecule is CS(=O)(=O)Cc1ccccc1NCCCc1ccc(Cl)cc1. The Hall–Kier alpha value is -1.52. The first-order chi connectivity index (χ1) is 10.4. The maximum atomic E-state index is 11.5. The minimum absolute atomic E-state index is 0.0629. The molecule has 0 bridgehead atoms. The van der Waals surface area contributed by atoms with Crippen molar-refractivity contribution in [3.05, 3.63) is 64.7 Å². The fourth-order valence-electron chi connectivity index (χ4n) is 2.27. The predicted octanol–water partition coefficient (Wildman–Crippen LogP) is 3.93. The molecule has 0 aromatic heterocycles. The van der Waals surface area contributed by atoms with Gasteiger partial charge >= 0.3 is 0 Å². The fraction of sp³-hybridized carbons (Fsp3) is 0.294. The molecule has 3 nitrogen and oxygen atoms in total. The maximum Gasteiger partial charge on any atom is 0.151 e. The lowest BCUT2D eigenvalue weighted by Gasteiger charge is -2.11. The molecule has 0 heterocycles. The molecule has 0 spiro atoms. The van der Waals surface area contributed by atoms with Gasteiger partial charge in [-0.2, -0.15) is 0 Å². The summed E-state index contributed by atoms with van der Waals surface area (Å²) in [5.41, 5.74) is 2.95. The van der Waals surface area contributed by atoms with E-state index in [2.05, 4.69) is 5.32 Å². The van der Waals surface area contributed by atoms with Gasteiger partial charge in [0.25, 0.3) is 0 Å². The van der Waals surface area contributed by atoms with E-state index in [0.29, 0.717) is 0 Å². The molecular formula is C17H20ClNO2S. The van der Waals surface area contributed by atoms with Crippen LogP contribution in [-0.2, 0) is 22.0 Å². The summed E-state index contributed by atoms with van der Waals surface area (Å²) in [6.45, 7) is 0.795. The lowest BCUT2D eigenvalue weighted by molar-refractivity contribution is 0.601. The summed E-state index contributed by atoms with van der Waals surface area (Å²) in [4.78, 5) is 0. The van der Waals surface area contributed by atoms with Crippen LogP contribution in [-0.4, -0.2) is 21.2 Å². The van der Waals surface area contributed by atoms with Crippen LogP contribution in [0.3, 0.4) is 0 Å². The first kappa shape index (κ1) is 16.8. The van der Waals surface area contributed by atoms with E-state index in [9.17, 15) is 8.42 Å². The lowest BCUT2D eigenvalue weighted by atomic mass is 10.1. The first-order valence-corrected chi connectivity index (χ1v) is 9.62. The molecule has 0 saturated heterocycles. The third kappa shape index (κ3) is 5.70. The van der Waals surface area contributed by atoms with Crippen molar-refractivity contribution in [3.63, 3.8) is 0 Å². The monoisotopic (exact) mass is 337 g/mol. The third-order valence-corrected chi connectivity index (χ3v) is 4.39. The summed E-state index contributed by atoms with van der Waals surface area (Å²) >= 11 is 5.86. The van der Waals surface area contributed by atoms with Gasteiger partial charge in [0, 0.05) is 23.5 Å². The molecule has 0 aliphatic heterocycles. The number of benzene rings is 2. The molecule has 0 radical (unpaired) electrons. The number of para-hydroxylation sites is 1. The Bertz CT molecular complexity index is 712. The van der Waals surface area contributed by atoms with Crippen LogP contribution >= 0.6 is 11.6 Å². The van der Waals surface area contributed by atoms with Crippen molar-refractivity contribution in [1.82, 2.24) is 0 Å². The van der Waals surface area contributed by atoms with Crippen LogP contribution in [0.2, 0.25) is 5.02 Å². The van der Waals surface area contributed by atoms with E-state index in [0.717, 1.165) is 35.7 Å². The molecular weight excluding hydrogens is 318 g/mol. The van der Waals surface area contributed by atoms with Gasteiger partial charge in [-0.05, 0) is 42.2 Å². The van der Waals surface area contributed by atoms with Crippen LogP contribution in [0.15, 0.2) is 48.5 Å². The summed E-state index contributed by atoms with van der Waals surface area (Å²) in [7, 11) is -3.03. The highest BCUT2D eigenvalue weighted by molar-refractivity contribution is 7.89. The zero-order valence-electron chi connectivity index (χ0n) is 12.5. The van der Waals surface area contributed by atoms with Crippen LogP contribution in [0.1, 0.15) is 17.5 Å². The van der Waals surface area contributed by atoms with E-state index in [4.69, 9.17) is 11.6 Å². The molecule has 2 rings (SSSR count). The first-order valence-electron chi connectivity index (χ1n) is 7.18. The molecule has 1 N–H and O–H groups in total. The van der Waals surface area contributed by atoms with Crippen LogP contribution in [0.5, 0.6) is 0 Å². The largest absolute Gasteiger partial charge is 0.385 e. The number of rotatable bonds is 7. The summed E-state index contributed by atoms with van der Waals surface area (Å²) in [5.74, 6) is 0.0629. The molecule has 0 unspecified atom stereocenters. The van der Waals surface area contributed by atoms with E-state index in [1.165, 1.54) is 11.8 Å². The van der Waals surface area contributed by atoms with Crippen LogP contribution < -0.4 is 5.32 Å². The number of hydrogen-bond donors (Lipinski definition) is 1. The molecule has 5 heteroatoms. The molecule has 22 heavy (non-hydrogen) atoms. The highest BCUT2D eigenvalue weighted by Crippen LogP contribution is 2.18. The zero-order chi connectivity index (χ0) is 16.0. The van der Waals surface area contributed by atoms with Gasteiger partial charge in [-0.3, -0.25) is 0 Å². The van der Waals surface area contributed by atoms with Crippen molar-refractivity contribution in [1.29, 1.82) is 0 Å². The van der Waals surface area contributed by atoms with Crippen molar-refractivity contribution in [3.8, 4) is 0 Å². The van der Waals surface area contributed by atoms with E-state index in [-0.39, 0.29) is 5.75 Å². The van der Waals surface area contributed by atoms with Crippen molar-refractivity contribution in [2.75, 3.05) is 18.1 Å². The Morgan fingerprint density at radius 3 is 2.41 bits per heavy atom. The van der Waals surface area contributed by atoms with Crippen LogP contribution in [0.25, 0.3) is 0 Å². The van der Waals surface area contributed by atoms with Crippen LogP contribution in [0, 0.1) is 0 Å². The Labute approximate surface area is 137 Å². The summed E-state index contributed by atoms with van der Waals surface area (Å²) in [5, 5.41) is 4.07. The van der Waals surface area contributed by atoms with Gasteiger partial charge in [-0.1, -0.05) is 41.9 Å². The van der Waals surface area contributed by atoms with E-state index >= 15 is 0 Å². The van der Waals surface area contributed by atoms with Gasteiger partial charge in [0.1, 0.15) is 0 Å². The minimum atomic E-state index is -3.03. The van der Waals surface area contributed by atoms with E-state index in [1.807, 2.05) is 48.5 Å². The molecule has 0 aliphatic carbocycles. The average Bonchev–Trinajstić information content (AvgIpc) is 2.45. The third-order valence-electron chi connectivity index (χ3n) is 3.31. The number of hydrogen-bond acceptors (Lipinski definition) is 3. The highest BCUT2D eigenvalue weighted by atomic mass is 35.5. The summed E-state index contributed by atoms with van der Waals surface area (Å²) in [6.07, 6.45) is 3.18. The van der Waals surface area contributed by atoms with Crippen molar-refractivity contribution >= 4 is 27.1 Å². The second kappa shape index (κ2) is 7.65. The van der Waals surface area contributed by atoms with E-state index in [1.54, 1.807) is 0 Å². The number of nitrogens with one attached hydrogen (secondary N) is 1. The molecule has 0 fully saturated rings.